The maximum atomic E-state index is 12.2. The summed E-state index contributed by atoms with van der Waals surface area (Å²) in [5.41, 5.74) is 8.19. The number of hydrogen-bond donors (Lipinski definition) is 2. The molecule has 1 aliphatic rings. The van der Waals surface area contributed by atoms with Crippen LogP contribution in [0.2, 0.25) is 0 Å². The molecule has 0 aliphatic heterocycles. The van der Waals surface area contributed by atoms with Gasteiger partial charge in [0.1, 0.15) is 0 Å². The summed E-state index contributed by atoms with van der Waals surface area (Å²) in [7, 11) is 0. The van der Waals surface area contributed by atoms with Crippen molar-refractivity contribution < 1.29 is 4.79 Å². The van der Waals surface area contributed by atoms with Crippen LogP contribution < -0.4 is 11.1 Å². The van der Waals surface area contributed by atoms with Gasteiger partial charge in [0, 0.05) is 17.3 Å². The Labute approximate surface area is 109 Å². The van der Waals surface area contributed by atoms with Crippen LogP contribution in [0.1, 0.15) is 48.5 Å². The van der Waals surface area contributed by atoms with Crippen molar-refractivity contribution in [2.75, 3.05) is 5.73 Å². The van der Waals surface area contributed by atoms with Gasteiger partial charge in [-0.3, -0.25) is 4.79 Å². The average Bonchev–Trinajstić information content (AvgIpc) is 2.35. The lowest BCUT2D eigenvalue weighted by Gasteiger charge is -2.29. The molecule has 0 spiro atoms. The number of nitrogens with two attached hydrogens (primary N) is 1. The molecule has 1 aromatic rings. The van der Waals surface area contributed by atoms with Crippen molar-refractivity contribution in [1.82, 2.24) is 5.32 Å². The van der Waals surface area contributed by atoms with Crippen LogP contribution in [0, 0.1) is 12.8 Å². The fraction of sp³-hybridized carbons (Fsp3) is 0.533. The minimum absolute atomic E-state index is 0.000417. The molecule has 1 fully saturated rings. The van der Waals surface area contributed by atoms with Crippen LogP contribution in [0.5, 0.6) is 0 Å². The zero-order chi connectivity index (χ0) is 13.1. The van der Waals surface area contributed by atoms with Gasteiger partial charge in [-0.2, -0.15) is 0 Å². The summed E-state index contributed by atoms with van der Waals surface area (Å²) < 4.78 is 0. The Morgan fingerprint density at radius 2 is 2.06 bits per heavy atom. The highest BCUT2D eigenvalue weighted by Crippen LogP contribution is 2.24. The van der Waals surface area contributed by atoms with Gasteiger partial charge in [0.15, 0.2) is 0 Å². The zero-order valence-corrected chi connectivity index (χ0v) is 11.2. The number of carbonyl (C=O) groups is 1. The van der Waals surface area contributed by atoms with E-state index in [2.05, 4.69) is 12.2 Å². The van der Waals surface area contributed by atoms with Crippen LogP contribution in [-0.4, -0.2) is 11.9 Å². The summed E-state index contributed by atoms with van der Waals surface area (Å²) >= 11 is 0. The predicted molar refractivity (Wildman–Crippen MR) is 74.5 cm³/mol. The molecule has 0 aromatic heterocycles. The van der Waals surface area contributed by atoms with Gasteiger partial charge in [0.05, 0.1) is 0 Å². The van der Waals surface area contributed by atoms with E-state index >= 15 is 0 Å². The van der Waals surface area contributed by atoms with Crippen molar-refractivity contribution in [2.45, 2.75) is 45.6 Å². The highest BCUT2D eigenvalue weighted by Gasteiger charge is 2.23. The molecule has 1 saturated carbocycles. The Morgan fingerprint density at radius 3 is 2.72 bits per heavy atom. The lowest BCUT2D eigenvalue weighted by molar-refractivity contribution is 0.0910. The Morgan fingerprint density at radius 1 is 1.33 bits per heavy atom. The van der Waals surface area contributed by atoms with Gasteiger partial charge in [0.25, 0.3) is 5.91 Å². The van der Waals surface area contributed by atoms with Crippen molar-refractivity contribution in [2.24, 2.45) is 5.92 Å². The second-order valence-electron chi connectivity index (χ2n) is 5.41. The molecule has 3 heteroatoms. The maximum Gasteiger partial charge on any atom is 0.251 e. The van der Waals surface area contributed by atoms with Crippen molar-refractivity contribution >= 4 is 11.6 Å². The smallest absolute Gasteiger partial charge is 0.251 e. The Hall–Kier alpha value is -1.51. The molecule has 18 heavy (non-hydrogen) atoms. The number of anilines is 1. The van der Waals surface area contributed by atoms with Crippen LogP contribution >= 0.6 is 0 Å². The number of benzene rings is 1. The van der Waals surface area contributed by atoms with E-state index in [4.69, 9.17) is 5.73 Å². The minimum Gasteiger partial charge on any atom is -0.398 e. The SMILES string of the molecule is Cc1ccc(C(=O)N[C@H]2CCCC[C@@H]2C)cc1N. The molecule has 2 atom stereocenters. The number of rotatable bonds is 2. The van der Waals surface area contributed by atoms with E-state index in [0.717, 1.165) is 12.0 Å². The number of hydrogen-bond acceptors (Lipinski definition) is 2. The van der Waals surface area contributed by atoms with Crippen molar-refractivity contribution in [1.29, 1.82) is 0 Å². The largest absolute Gasteiger partial charge is 0.398 e. The van der Waals surface area contributed by atoms with Crippen LogP contribution in [-0.2, 0) is 0 Å². The molecule has 0 unspecified atom stereocenters. The summed E-state index contributed by atoms with van der Waals surface area (Å²) in [6.07, 6.45) is 4.80. The van der Waals surface area contributed by atoms with Gasteiger partial charge in [-0.25, -0.2) is 0 Å². The molecule has 98 valence electrons. The fourth-order valence-electron chi connectivity index (χ4n) is 2.56. The highest BCUT2D eigenvalue weighted by molar-refractivity contribution is 5.95. The first-order valence-electron chi connectivity index (χ1n) is 6.75. The first-order chi connectivity index (χ1) is 8.58. The number of nitrogens with one attached hydrogen (secondary N) is 1. The summed E-state index contributed by atoms with van der Waals surface area (Å²) in [5.74, 6) is 0.575. The van der Waals surface area contributed by atoms with Gasteiger partial charge in [0.2, 0.25) is 0 Å². The second kappa shape index (κ2) is 5.42. The topological polar surface area (TPSA) is 55.1 Å². The van der Waals surface area contributed by atoms with E-state index in [-0.39, 0.29) is 5.91 Å². The van der Waals surface area contributed by atoms with E-state index in [0.29, 0.717) is 23.2 Å². The first kappa shape index (κ1) is 12.9. The van der Waals surface area contributed by atoms with Gasteiger partial charge >= 0.3 is 0 Å². The van der Waals surface area contributed by atoms with E-state index in [1.165, 1.54) is 19.3 Å². The van der Waals surface area contributed by atoms with Gasteiger partial charge in [-0.15, -0.1) is 0 Å². The molecule has 0 saturated heterocycles. The molecular weight excluding hydrogens is 224 g/mol. The molecule has 3 N–H and O–H groups in total. The van der Waals surface area contributed by atoms with Crippen LogP contribution in [0.4, 0.5) is 5.69 Å². The molecule has 3 nitrogen and oxygen atoms in total. The second-order valence-corrected chi connectivity index (χ2v) is 5.41. The normalized spacial score (nSPS) is 23.7. The molecule has 1 amide bonds. The maximum absolute atomic E-state index is 12.2. The fourth-order valence-corrected chi connectivity index (χ4v) is 2.56. The van der Waals surface area contributed by atoms with Gasteiger partial charge in [-0.1, -0.05) is 25.8 Å². The monoisotopic (exact) mass is 246 g/mol. The van der Waals surface area contributed by atoms with Crippen LogP contribution in [0.15, 0.2) is 18.2 Å². The standard InChI is InChI=1S/C15H22N2O/c1-10-7-8-12(9-13(10)16)15(18)17-14-6-4-3-5-11(14)2/h7-9,11,14H,3-6,16H2,1-2H3,(H,17,18)/t11-,14-/m0/s1. The molecule has 0 radical (unpaired) electrons. The van der Waals surface area contributed by atoms with Crippen molar-refractivity contribution in [3.05, 3.63) is 29.3 Å². The van der Waals surface area contributed by atoms with E-state index in [9.17, 15) is 4.79 Å². The number of carbonyl (C=O) groups excluding carboxylic acids is 1. The van der Waals surface area contributed by atoms with Crippen molar-refractivity contribution in [3.8, 4) is 0 Å². The molecule has 1 aliphatic carbocycles. The Kier molecular flexibility index (Phi) is 3.90. The van der Waals surface area contributed by atoms with Crippen LogP contribution in [0.3, 0.4) is 0 Å². The van der Waals surface area contributed by atoms with E-state index < -0.39 is 0 Å². The molecule has 0 heterocycles. The summed E-state index contributed by atoms with van der Waals surface area (Å²) in [6.45, 7) is 4.16. The molecule has 1 aromatic carbocycles. The van der Waals surface area contributed by atoms with Gasteiger partial charge in [-0.05, 0) is 43.4 Å². The quantitative estimate of drug-likeness (QED) is 0.788. The predicted octanol–water partition coefficient (Wildman–Crippen LogP) is 2.89. The zero-order valence-electron chi connectivity index (χ0n) is 11.2. The first-order valence-corrected chi connectivity index (χ1v) is 6.75. The molecular formula is C15H22N2O. The third-order valence-electron chi connectivity index (χ3n) is 3.97. The third kappa shape index (κ3) is 2.84. The molecule has 0 bridgehead atoms. The summed E-state index contributed by atoms with van der Waals surface area (Å²) in [4.78, 5) is 12.2. The van der Waals surface area contributed by atoms with Crippen molar-refractivity contribution in [3.63, 3.8) is 0 Å². The highest BCUT2D eigenvalue weighted by atomic mass is 16.1. The van der Waals surface area contributed by atoms with Crippen LogP contribution in [0.25, 0.3) is 0 Å². The average molecular weight is 246 g/mol. The number of amides is 1. The molecule has 2 rings (SSSR count). The minimum atomic E-state index is 0.000417. The Bertz CT molecular complexity index is 442. The van der Waals surface area contributed by atoms with E-state index in [1.807, 2.05) is 19.1 Å². The number of nitrogen functional groups attached to an aromatic ring is 1. The van der Waals surface area contributed by atoms with Gasteiger partial charge < -0.3 is 11.1 Å². The third-order valence-corrected chi connectivity index (χ3v) is 3.97. The number of aryl methyl sites for hydroxylation is 1. The lowest BCUT2D eigenvalue weighted by Crippen LogP contribution is -2.41. The summed E-state index contributed by atoms with van der Waals surface area (Å²) in [6, 6.07) is 5.81. The summed E-state index contributed by atoms with van der Waals surface area (Å²) in [5, 5.41) is 3.14. The Balaban J connectivity index is 2.04. The lowest BCUT2D eigenvalue weighted by atomic mass is 9.86. The van der Waals surface area contributed by atoms with E-state index in [1.54, 1.807) is 6.07 Å².